The minimum Gasteiger partial charge on any atom is -0.490 e. The van der Waals surface area contributed by atoms with Crippen LogP contribution in [0.25, 0.3) is 54.5 Å². The minimum atomic E-state index is -4.86. The van der Waals surface area contributed by atoms with Crippen LogP contribution in [0.15, 0.2) is 198 Å². The van der Waals surface area contributed by atoms with E-state index in [4.69, 9.17) is 14.2 Å². The van der Waals surface area contributed by atoms with Crippen molar-refractivity contribution in [2.75, 3.05) is 98.3 Å². The minimum absolute atomic E-state index is 0.114. The number of halogens is 6. The highest BCUT2D eigenvalue weighted by molar-refractivity contribution is 9.10. The van der Waals surface area contributed by atoms with Crippen LogP contribution in [-0.2, 0) is 42.2 Å². The summed E-state index contributed by atoms with van der Waals surface area (Å²) in [6.45, 7) is 35.5. The normalized spacial score (nSPS) is 20.1. The molecule has 1 saturated carbocycles. The van der Waals surface area contributed by atoms with Crippen molar-refractivity contribution in [1.82, 2.24) is 52.2 Å². The molecule has 0 spiro atoms. The second-order valence-electron chi connectivity index (χ2n) is 42.3. The van der Waals surface area contributed by atoms with Crippen molar-refractivity contribution in [3.63, 3.8) is 0 Å². The van der Waals surface area contributed by atoms with E-state index in [9.17, 15) is 41.5 Å². The number of nitrogens with zero attached hydrogens (tertiary/aromatic N) is 11. The summed E-state index contributed by atoms with van der Waals surface area (Å²) in [7, 11) is 0. The maximum Gasteiger partial charge on any atom is 0.454 e. The zero-order valence-electron chi connectivity index (χ0n) is 86.7. The molecule has 7 aromatic carbocycles. The number of benzene rings is 7. The second-order valence-corrected chi connectivity index (χ2v) is 44.1. The quantitative estimate of drug-likeness (QED) is 0.0204. The van der Waals surface area contributed by atoms with E-state index in [1.807, 2.05) is 48.9 Å². The van der Waals surface area contributed by atoms with Crippen molar-refractivity contribution < 1.29 is 55.7 Å². The number of rotatable bonds is 39. The van der Waals surface area contributed by atoms with Gasteiger partial charge in [0.2, 0.25) is 0 Å². The molecule has 7 saturated heterocycles. The van der Waals surface area contributed by atoms with Gasteiger partial charge in [-0.2, -0.15) is 13.2 Å². The number of hydrogen-bond donors (Lipinski definition) is 0. The number of ketones is 5. The Morgan fingerprint density at radius 2 is 0.841 bits per heavy atom. The predicted octanol–water partition coefficient (Wildman–Crippen LogP) is 26.7. The third kappa shape index (κ3) is 28.7. The fourth-order valence-corrected chi connectivity index (χ4v) is 24.7. The lowest BCUT2D eigenvalue weighted by Crippen LogP contribution is -2.47. The van der Waals surface area contributed by atoms with Crippen LogP contribution in [0.1, 0.15) is 272 Å². The van der Waals surface area contributed by atoms with Crippen LogP contribution in [0.3, 0.4) is 0 Å². The van der Waals surface area contributed by atoms with Crippen LogP contribution in [0, 0.1) is 24.6 Å². The molecule has 7 aliphatic heterocycles. The summed E-state index contributed by atoms with van der Waals surface area (Å²) in [5.41, 5.74) is 11.1. The van der Waals surface area contributed by atoms with Gasteiger partial charge in [-0.3, -0.25) is 38.7 Å². The molecule has 5 unspecified atom stereocenters. The number of piperidine rings is 4. The lowest BCUT2D eigenvalue weighted by Gasteiger charge is -2.39. The summed E-state index contributed by atoms with van der Waals surface area (Å²) in [5, 5.41) is 4.62. The van der Waals surface area contributed by atoms with E-state index in [1.165, 1.54) is 138 Å². The summed E-state index contributed by atoms with van der Waals surface area (Å²) >= 11 is 7.11. The standard InChI is InChI=1S/C26H38N2O.C25H30BrN3O.C24H31BrN2O2.C24H27FN2O2.C21H27F3N2O2/c1-4-5-6-10-21-16-22-12-13-23(17-21)28(22)15-8-14-27-18-25(20(3)29)24-11-7-9-19(2)26(24)27;1-19(21-7-4-3-5-8-21)28-15-13-27(14-16-28)11-6-12-29-18-24(20(2)30)23-10-9-22(26)17-25(23)29;1-16(28)23-14-26(24-8-5-18(25)11-22(23)24)9-2-10-27-19-6-7-20(27)13-21(12-19)29-15-17-3-4-17;1-18(28)23-17-27(24-6-3-2-5-22(23)24)14-4-13-26-15-11-21(12-16-26)29-20-9-7-19(25)8-10-20;1-2-14-28-16-8-12-25(13-9-16)10-5-11-26-15-18(20(27)21(22,23)24)17-6-3-4-7-19(17)26/h7,9,11,18,21-23H,4-6,8,10,12-17H2,1-3H3;3-5,7-10,17-19H,6,11-16H2,1-2H3;5,8,11,14,17,19-21H,2-4,6-7,9-10,12-13,15H2,1H3;2-3,5-10,17,21H,4,11-16H2,1H3;3-4,6-7,15-16H,2,5,8-14H2,1H3. The van der Waals surface area contributed by atoms with E-state index in [-0.39, 0.29) is 40.6 Å². The van der Waals surface area contributed by atoms with Gasteiger partial charge in [-0.15, -0.1) is 0 Å². The molecule has 20 rings (SSSR count). The summed E-state index contributed by atoms with van der Waals surface area (Å²) < 4.78 is 82.6. The van der Waals surface area contributed by atoms with Crippen molar-refractivity contribution in [2.45, 2.75) is 297 Å². The van der Waals surface area contributed by atoms with Crippen LogP contribution in [0.5, 0.6) is 5.75 Å². The number of unbranched alkanes of at least 4 members (excludes halogenated alkanes) is 2. The number of piperazine rings is 1. The predicted molar refractivity (Wildman–Crippen MR) is 584 cm³/mol. The molecule has 12 aromatic rings. The number of fused-ring (bicyclic) bond motifs is 9. The smallest absolute Gasteiger partial charge is 0.454 e. The maximum absolute atomic E-state index is 13.0. The highest BCUT2D eigenvalue weighted by Gasteiger charge is 2.44. The van der Waals surface area contributed by atoms with E-state index in [0.29, 0.717) is 47.8 Å². The SMILES string of the molecule is CC(=O)c1cn(CCCN2C3CCC2CC(OCC2CC2)C3)c2ccc(Br)cc12.CC(=O)c1cn(CCCN2CCC(Oc3ccc(F)cc3)CC2)c2ccccc12.CC(=O)c1cn(CCCN2CCN(C(C)c3ccccc3)CC2)c2cc(Br)ccc12.CCCCCC1CC2CCC(C1)N2CCCn1cc(C(C)=O)c2cccc(C)c21.CCCOC1CCN(CCCn2cc(C(=O)C(F)(F)F)c3ccccc32)CC1. The van der Waals surface area contributed by atoms with Crippen LogP contribution in [0.4, 0.5) is 17.6 Å². The fraction of sp³-hybridized carbons (Fsp3) is 0.525. The number of ether oxygens (including phenoxy) is 3. The Morgan fingerprint density at radius 3 is 1.38 bits per heavy atom. The van der Waals surface area contributed by atoms with Crippen LogP contribution in [-0.4, -0.2) is 228 Å². The van der Waals surface area contributed by atoms with Gasteiger partial charge in [-0.25, -0.2) is 4.39 Å². The Balaban J connectivity index is 0.000000130. The number of carbonyl (C=O) groups is 5. The van der Waals surface area contributed by atoms with E-state index >= 15 is 0 Å². The molecule has 19 nitrogen and oxygen atoms in total. The van der Waals surface area contributed by atoms with Crippen molar-refractivity contribution in [3.8, 4) is 5.75 Å². The van der Waals surface area contributed by atoms with E-state index < -0.39 is 12.0 Å². The molecule has 0 radical (unpaired) electrons. The summed E-state index contributed by atoms with van der Waals surface area (Å²) in [5.74, 6) is 1.11. The Hall–Kier alpha value is -9.25. The molecule has 0 amide bonds. The highest BCUT2D eigenvalue weighted by atomic mass is 79.9. The molecule has 5 aromatic heterocycles. The Kier molecular flexibility index (Phi) is 38.7. The molecular weight excluding hydrogens is 1960 g/mol. The largest absolute Gasteiger partial charge is 0.490 e. The molecule has 5 atom stereocenters. The fourth-order valence-electron chi connectivity index (χ4n) is 24.0. The molecule has 145 heavy (non-hydrogen) atoms. The van der Waals surface area contributed by atoms with Crippen LogP contribution in [0.2, 0.25) is 0 Å². The molecule has 778 valence electrons. The van der Waals surface area contributed by atoms with E-state index in [0.717, 1.165) is 275 Å². The zero-order chi connectivity index (χ0) is 102. The highest BCUT2D eigenvalue weighted by Crippen LogP contribution is 2.43. The molecule has 0 N–H and O–H groups in total. The molecule has 12 heterocycles. The van der Waals surface area contributed by atoms with Gasteiger partial charge in [0, 0.05) is 253 Å². The third-order valence-electron chi connectivity index (χ3n) is 31.9. The number of aryl methyl sites for hydroxylation is 6. The molecule has 4 bridgehead atoms. The molecule has 8 aliphatic rings. The van der Waals surface area contributed by atoms with Gasteiger partial charge in [0.05, 0.1) is 23.3 Å². The van der Waals surface area contributed by atoms with Crippen molar-refractivity contribution >= 4 is 115 Å². The van der Waals surface area contributed by atoms with Crippen molar-refractivity contribution in [2.24, 2.45) is 11.8 Å². The van der Waals surface area contributed by atoms with Crippen LogP contribution >= 0.6 is 31.9 Å². The van der Waals surface area contributed by atoms with Gasteiger partial charge in [0.25, 0.3) is 5.78 Å². The first-order valence-corrected chi connectivity index (χ1v) is 55.9. The zero-order valence-corrected chi connectivity index (χ0v) is 89.9. The number of carbonyl (C=O) groups excluding carboxylic acids is 5. The van der Waals surface area contributed by atoms with Crippen LogP contribution < -0.4 is 4.74 Å². The number of para-hydroxylation sites is 3. The topological polar surface area (TPSA) is 157 Å². The van der Waals surface area contributed by atoms with E-state index in [1.54, 1.807) is 68.7 Å². The summed E-state index contributed by atoms with van der Waals surface area (Å²) in [4.78, 5) is 75.5. The first kappa shape index (κ1) is 108. The average Bonchev–Trinajstić information content (AvgIpc) is 1.64. The Morgan fingerprint density at radius 1 is 0.393 bits per heavy atom. The number of alkyl halides is 3. The number of hydrogen-bond acceptors (Lipinski definition) is 14. The monoisotopic (exact) mass is 2110 g/mol. The number of aromatic nitrogens is 5. The van der Waals surface area contributed by atoms with Gasteiger partial charge >= 0.3 is 6.18 Å². The summed E-state index contributed by atoms with van der Waals surface area (Å²) in [6.07, 6.45) is 35.2. The van der Waals surface area contributed by atoms with Gasteiger partial charge in [-0.1, -0.05) is 162 Å². The summed E-state index contributed by atoms with van der Waals surface area (Å²) in [6, 6.07) is 54.2. The van der Waals surface area contributed by atoms with Gasteiger partial charge in [0.15, 0.2) is 23.1 Å². The first-order chi connectivity index (χ1) is 70.2. The number of Topliss-reactive ketones (excluding diaryl/α,β-unsaturated/α-hetero) is 5. The lowest BCUT2D eigenvalue weighted by atomic mass is 9.86. The maximum atomic E-state index is 13.0. The van der Waals surface area contributed by atoms with Gasteiger partial charge < -0.3 is 51.7 Å². The van der Waals surface area contributed by atoms with E-state index in [2.05, 4.69) is 192 Å². The van der Waals surface area contributed by atoms with Crippen molar-refractivity contribution in [1.29, 1.82) is 0 Å². The molecule has 1 aliphatic carbocycles. The second kappa shape index (κ2) is 51.8. The van der Waals surface area contributed by atoms with Crippen molar-refractivity contribution in [3.05, 3.63) is 242 Å². The number of likely N-dealkylation sites (tertiary alicyclic amines) is 2. The van der Waals surface area contributed by atoms with Gasteiger partial charge in [0.1, 0.15) is 17.7 Å². The Bertz CT molecular complexity index is 6250. The molecule has 8 fully saturated rings. The molecule has 25 heteroatoms. The Labute approximate surface area is 872 Å². The third-order valence-corrected chi connectivity index (χ3v) is 32.9. The van der Waals surface area contributed by atoms with Gasteiger partial charge in [-0.05, 0) is 279 Å². The average molecular weight is 2110 g/mol. The first-order valence-electron chi connectivity index (χ1n) is 54.3. The molecular formula is C120H153Br2F4N11O8. The lowest BCUT2D eigenvalue weighted by molar-refractivity contribution is -0.0884.